The molecule has 0 saturated heterocycles. The Kier molecular flexibility index (Phi) is 3.65. The van der Waals surface area contributed by atoms with Gasteiger partial charge in [-0.05, 0) is 40.6 Å². The molecule has 1 heterocycles. The van der Waals surface area contributed by atoms with Gasteiger partial charge in [0.25, 0.3) is 0 Å². The molecule has 0 aliphatic carbocycles. The molecule has 0 aliphatic heterocycles. The minimum Gasteiger partial charge on any atom is -0.484 e. The van der Waals surface area contributed by atoms with E-state index in [0.717, 1.165) is 11.7 Å². The van der Waals surface area contributed by atoms with E-state index < -0.39 is 0 Å². The lowest BCUT2D eigenvalue weighted by atomic mass is 10.2. The molecule has 0 atom stereocenters. The average molecular weight is 282 g/mol. The Morgan fingerprint density at radius 1 is 1.55 bits per heavy atom. The van der Waals surface area contributed by atoms with Gasteiger partial charge in [-0.2, -0.15) is 0 Å². The second-order valence-electron chi connectivity index (χ2n) is 2.76. The zero-order valence-corrected chi connectivity index (χ0v) is 9.61. The summed E-state index contributed by atoms with van der Waals surface area (Å²) < 4.78 is 6.78. The van der Waals surface area contributed by atoms with Gasteiger partial charge in [-0.3, -0.25) is 0 Å². The Balaban J connectivity index is 2.39. The molecule has 0 radical (unpaired) electrons. The molecule has 62 valence electrons. The fourth-order valence-electron chi connectivity index (χ4n) is 0.624. The second kappa shape index (κ2) is 4.30. The zero-order chi connectivity index (χ0) is 8.27. The van der Waals surface area contributed by atoms with Crippen LogP contribution in [0.2, 0.25) is 0 Å². The Morgan fingerprint density at radius 3 is 2.73 bits per heavy atom. The average Bonchev–Trinajstić information content (AvgIpc) is 2.31. The molecule has 0 spiro atoms. The molecule has 1 rings (SSSR count). The van der Waals surface area contributed by atoms with Crippen LogP contribution in [0.5, 0.6) is 5.06 Å². The first-order valence-electron chi connectivity index (χ1n) is 3.56. The maximum Gasteiger partial charge on any atom is 0.174 e. The summed E-state index contributed by atoms with van der Waals surface area (Å²) >= 11 is 3.99. The van der Waals surface area contributed by atoms with Gasteiger partial charge < -0.3 is 4.74 Å². The number of hydrogen-bond acceptors (Lipinski definition) is 2. The molecule has 1 aromatic heterocycles. The Hall–Kier alpha value is 0.230. The van der Waals surface area contributed by atoms with Crippen LogP contribution in [0.25, 0.3) is 0 Å². The van der Waals surface area contributed by atoms with Crippen molar-refractivity contribution in [2.45, 2.75) is 13.8 Å². The highest BCUT2D eigenvalue weighted by atomic mass is 127. The highest BCUT2D eigenvalue weighted by molar-refractivity contribution is 14.1. The largest absolute Gasteiger partial charge is 0.484 e. The first-order valence-corrected chi connectivity index (χ1v) is 5.46. The molecule has 0 N–H and O–H groups in total. The summed E-state index contributed by atoms with van der Waals surface area (Å²) in [5, 5.41) is 1.03. The van der Waals surface area contributed by atoms with Crippen molar-refractivity contribution in [1.29, 1.82) is 0 Å². The van der Waals surface area contributed by atoms with Gasteiger partial charge in [0.05, 0.1) is 9.49 Å². The third kappa shape index (κ3) is 3.42. The Morgan fingerprint density at radius 2 is 2.27 bits per heavy atom. The molecule has 0 fully saturated rings. The van der Waals surface area contributed by atoms with Crippen LogP contribution in [0.1, 0.15) is 13.8 Å². The molecule has 0 aliphatic rings. The number of halogens is 1. The summed E-state index contributed by atoms with van der Waals surface area (Å²) in [7, 11) is 0. The highest BCUT2D eigenvalue weighted by Crippen LogP contribution is 2.25. The first kappa shape index (κ1) is 9.32. The molecular weight excluding hydrogens is 271 g/mol. The topological polar surface area (TPSA) is 9.23 Å². The highest BCUT2D eigenvalue weighted by Gasteiger charge is 1.99. The molecule has 0 amide bonds. The monoisotopic (exact) mass is 282 g/mol. The van der Waals surface area contributed by atoms with Crippen molar-refractivity contribution < 1.29 is 4.74 Å². The maximum atomic E-state index is 5.50. The number of rotatable bonds is 3. The van der Waals surface area contributed by atoms with Gasteiger partial charge in [0.2, 0.25) is 0 Å². The zero-order valence-electron chi connectivity index (χ0n) is 6.63. The molecule has 0 bridgehead atoms. The minimum absolute atomic E-state index is 0.606. The second-order valence-corrected chi connectivity index (χ2v) is 5.70. The molecule has 1 nitrogen and oxygen atoms in total. The Labute approximate surface area is 84.9 Å². The van der Waals surface area contributed by atoms with E-state index in [9.17, 15) is 0 Å². The van der Waals surface area contributed by atoms with Gasteiger partial charge in [0.1, 0.15) is 0 Å². The first-order chi connectivity index (χ1) is 5.18. The molecule has 0 aromatic carbocycles. The van der Waals surface area contributed by atoms with Crippen molar-refractivity contribution in [3.05, 3.63) is 15.0 Å². The van der Waals surface area contributed by atoms with Crippen molar-refractivity contribution in [2.24, 2.45) is 5.92 Å². The molecule has 0 unspecified atom stereocenters. The van der Waals surface area contributed by atoms with E-state index in [2.05, 4.69) is 42.5 Å². The third-order valence-electron chi connectivity index (χ3n) is 1.11. The predicted octanol–water partition coefficient (Wildman–Crippen LogP) is 3.39. The van der Waals surface area contributed by atoms with Crippen LogP contribution in [0.3, 0.4) is 0 Å². The van der Waals surface area contributed by atoms with Gasteiger partial charge in [-0.1, -0.05) is 25.2 Å². The fourth-order valence-corrected chi connectivity index (χ4v) is 2.05. The van der Waals surface area contributed by atoms with Gasteiger partial charge in [-0.15, -0.1) is 0 Å². The summed E-state index contributed by atoms with van der Waals surface area (Å²) in [4.78, 5) is 0. The van der Waals surface area contributed by atoms with Crippen molar-refractivity contribution >= 4 is 33.9 Å². The molecule has 11 heavy (non-hydrogen) atoms. The van der Waals surface area contributed by atoms with Crippen LogP contribution in [0, 0.1) is 8.80 Å². The van der Waals surface area contributed by atoms with E-state index >= 15 is 0 Å². The maximum absolute atomic E-state index is 5.50. The van der Waals surface area contributed by atoms with Crippen molar-refractivity contribution in [3.8, 4) is 5.06 Å². The van der Waals surface area contributed by atoms with E-state index in [4.69, 9.17) is 4.74 Å². The molecule has 0 saturated carbocycles. The summed E-state index contributed by atoms with van der Waals surface area (Å²) in [6.45, 7) is 5.12. The standard InChI is InChI=1S/C8H11IOS/c1-6(2)5-10-8-4-3-7(9)11-8/h3-4,6H,5H2,1-2H3. The van der Waals surface area contributed by atoms with E-state index in [1.165, 1.54) is 2.88 Å². The van der Waals surface area contributed by atoms with Crippen LogP contribution in [-0.4, -0.2) is 6.61 Å². The van der Waals surface area contributed by atoms with Crippen LogP contribution >= 0.6 is 33.9 Å². The summed E-state index contributed by atoms with van der Waals surface area (Å²) in [6.07, 6.45) is 0. The van der Waals surface area contributed by atoms with Crippen LogP contribution in [0.15, 0.2) is 12.1 Å². The summed E-state index contributed by atoms with van der Waals surface area (Å²) in [5.74, 6) is 0.606. The Bertz CT molecular complexity index is 220. The normalized spacial score (nSPS) is 10.5. The lowest BCUT2D eigenvalue weighted by molar-refractivity contribution is 0.278. The van der Waals surface area contributed by atoms with Crippen molar-refractivity contribution in [2.75, 3.05) is 6.61 Å². The van der Waals surface area contributed by atoms with Crippen LogP contribution in [-0.2, 0) is 0 Å². The molecular formula is C8H11IOS. The van der Waals surface area contributed by atoms with Gasteiger partial charge in [0.15, 0.2) is 5.06 Å². The predicted molar refractivity (Wildman–Crippen MR) is 57.4 cm³/mol. The van der Waals surface area contributed by atoms with Crippen molar-refractivity contribution in [1.82, 2.24) is 0 Å². The lowest BCUT2D eigenvalue weighted by Crippen LogP contribution is -2.02. The van der Waals surface area contributed by atoms with Gasteiger partial charge in [-0.25, -0.2) is 0 Å². The quantitative estimate of drug-likeness (QED) is 0.772. The number of hydrogen-bond donors (Lipinski definition) is 0. The number of ether oxygens (including phenoxy) is 1. The smallest absolute Gasteiger partial charge is 0.174 e. The van der Waals surface area contributed by atoms with E-state index in [0.29, 0.717) is 5.92 Å². The third-order valence-corrected chi connectivity index (χ3v) is 2.91. The van der Waals surface area contributed by atoms with Crippen molar-refractivity contribution in [3.63, 3.8) is 0 Å². The number of thiophene rings is 1. The summed E-state index contributed by atoms with van der Waals surface area (Å²) in [6, 6.07) is 4.09. The summed E-state index contributed by atoms with van der Waals surface area (Å²) in [5.41, 5.74) is 0. The SMILES string of the molecule is CC(C)COc1ccc(I)s1. The van der Waals surface area contributed by atoms with E-state index in [1.807, 2.05) is 6.07 Å². The van der Waals surface area contributed by atoms with Gasteiger partial charge >= 0.3 is 0 Å². The molecule has 1 aromatic rings. The van der Waals surface area contributed by atoms with Crippen LogP contribution < -0.4 is 4.74 Å². The minimum atomic E-state index is 0.606. The van der Waals surface area contributed by atoms with E-state index in [1.54, 1.807) is 11.3 Å². The molecule has 3 heteroatoms. The van der Waals surface area contributed by atoms with Gasteiger partial charge in [0, 0.05) is 0 Å². The lowest BCUT2D eigenvalue weighted by Gasteiger charge is -2.04. The fraction of sp³-hybridized carbons (Fsp3) is 0.500. The van der Waals surface area contributed by atoms with E-state index in [-0.39, 0.29) is 0 Å². The van der Waals surface area contributed by atoms with Crippen LogP contribution in [0.4, 0.5) is 0 Å².